The quantitative estimate of drug-likeness (QED) is 0.597. The van der Waals surface area contributed by atoms with Gasteiger partial charge in [-0.15, -0.1) is 0 Å². The lowest BCUT2D eigenvalue weighted by Gasteiger charge is -2.19. The number of benzene rings is 1. The van der Waals surface area contributed by atoms with Crippen LogP contribution in [0.25, 0.3) is 0 Å². The number of nitrogens with two attached hydrogens (primary N) is 1. The number of carbonyl (C=O) groups excluding carboxylic acids is 1. The number of hydrogen-bond acceptors (Lipinski definition) is 5. The zero-order valence-corrected chi connectivity index (χ0v) is 11.0. The van der Waals surface area contributed by atoms with Crippen LogP contribution in [0.3, 0.4) is 0 Å². The Morgan fingerprint density at radius 3 is 2.72 bits per heavy atom. The van der Waals surface area contributed by atoms with Gasteiger partial charge in [0.25, 0.3) is 0 Å². The maximum atomic E-state index is 11.7. The molecule has 0 spiro atoms. The van der Waals surface area contributed by atoms with Crippen LogP contribution in [0.5, 0.6) is 0 Å². The van der Waals surface area contributed by atoms with Crippen molar-refractivity contribution < 1.29 is 14.3 Å². The molecular formula is C13H20N2O3. The Labute approximate surface area is 107 Å². The van der Waals surface area contributed by atoms with E-state index >= 15 is 0 Å². The molecule has 1 aromatic carbocycles. The Morgan fingerprint density at radius 2 is 2.17 bits per heavy atom. The molecule has 0 saturated heterocycles. The van der Waals surface area contributed by atoms with Crippen molar-refractivity contribution in [2.24, 2.45) is 0 Å². The van der Waals surface area contributed by atoms with Gasteiger partial charge in [0, 0.05) is 24.5 Å². The third-order valence-electron chi connectivity index (χ3n) is 2.67. The molecule has 18 heavy (non-hydrogen) atoms. The minimum absolute atomic E-state index is 0.141. The zero-order chi connectivity index (χ0) is 13.5. The molecule has 0 radical (unpaired) electrons. The van der Waals surface area contributed by atoms with Crippen molar-refractivity contribution in [3.05, 3.63) is 23.8 Å². The number of rotatable bonds is 6. The van der Waals surface area contributed by atoms with E-state index in [2.05, 4.69) is 5.32 Å². The van der Waals surface area contributed by atoms with Crippen LogP contribution in [0.2, 0.25) is 0 Å². The molecule has 1 rings (SSSR count). The summed E-state index contributed by atoms with van der Waals surface area (Å²) in [5, 5.41) is 3.26. The molecule has 0 aliphatic heterocycles. The molecule has 0 fully saturated rings. The van der Waals surface area contributed by atoms with Gasteiger partial charge in [-0.25, -0.2) is 4.79 Å². The molecule has 0 bridgehead atoms. The molecule has 100 valence electrons. The fourth-order valence-electron chi connectivity index (χ4n) is 1.65. The topological polar surface area (TPSA) is 73.6 Å². The Morgan fingerprint density at radius 1 is 1.44 bits per heavy atom. The van der Waals surface area contributed by atoms with Gasteiger partial charge in [0.15, 0.2) is 0 Å². The van der Waals surface area contributed by atoms with Crippen LogP contribution in [0.4, 0.5) is 11.4 Å². The summed E-state index contributed by atoms with van der Waals surface area (Å²) in [5.74, 6) is -0.405. The van der Waals surface area contributed by atoms with Crippen LogP contribution in [-0.2, 0) is 9.47 Å². The number of carbonyl (C=O) groups is 1. The number of nitrogen functional groups attached to an aromatic ring is 1. The van der Waals surface area contributed by atoms with Crippen LogP contribution < -0.4 is 11.1 Å². The highest BCUT2D eigenvalue weighted by atomic mass is 16.5. The SMILES string of the molecule is CCC(COC)Nc1ccc(N)cc1C(=O)OC. The molecular weight excluding hydrogens is 232 g/mol. The Bertz CT molecular complexity index is 407. The van der Waals surface area contributed by atoms with Gasteiger partial charge in [0.05, 0.1) is 19.3 Å². The van der Waals surface area contributed by atoms with Gasteiger partial charge in [-0.3, -0.25) is 0 Å². The highest BCUT2D eigenvalue weighted by Crippen LogP contribution is 2.21. The molecule has 0 heterocycles. The van der Waals surface area contributed by atoms with Crippen molar-refractivity contribution in [2.75, 3.05) is 31.9 Å². The van der Waals surface area contributed by atoms with Crippen LogP contribution >= 0.6 is 0 Å². The second-order valence-electron chi connectivity index (χ2n) is 4.00. The summed E-state index contributed by atoms with van der Waals surface area (Å²) in [6, 6.07) is 5.27. The summed E-state index contributed by atoms with van der Waals surface area (Å²) in [5.41, 5.74) is 7.36. The van der Waals surface area contributed by atoms with Crippen molar-refractivity contribution >= 4 is 17.3 Å². The van der Waals surface area contributed by atoms with E-state index in [9.17, 15) is 4.79 Å². The highest BCUT2D eigenvalue weighted by molar-refractivity contribution is 5.96. The van der Waals surface area contributed by atoms with Gasteiger partial charge in [0.2, 0.25) is 0 Å². The third kappa shape index (κ3) is 3.63. The number of ether oxygens (including phenoxy) is 2. The standard InChI is InChI=1S/C13H20N2O3/c1-4-10(8-17-2)15-12-6-5-9(14)7-11(12)13(16)18-3/h5-7,10,15H,4,8,14H2,1-3H3. The van der Waals surface area contributed by atoms with E-state index in [1.165, 1.54) is 7.11 Å². The lowest BCUT2D eigenvalue weighted by molar-refractivity contribution is 0.0601. The molecule has 0 aliphatic rings. The Hall–Kier alpha value is -1.75. The fraction of sp³-hybridized carbons (Fsp3) is 0.462. The van der Waals surface area contributed by atoms with Crippen molar-refractivity contribution in [1.29, 1.82) is 0 Å². The molecule has 0 amide bonds. The predicted molar refractivity (Wildman–Crippen MR) is 71.8 cm³/mol. The van der Waals surface area contributed by atoms with E-state index in [1.54, 1.807) is 25.3 Å². The third-order valence-corrected chi connectivity index (χ3v) is 2.67. The van der Waals surface area contributed by atoms with Crippen LogP contribution in [0.15, 0.2) is 18.2 Å². The van der Waals surface area contributed by atoms with E-state index in [1.807, 2.05) is 6.92 Å². The highest BCUT2D eigenvalue weighted by Gasteiger charge is 2.15. The van der Waals surface area contributed by atoms with Gasteiger partial charge < -0.3 is 20.5 Å². The largest absolute Gasteiger partial charge is 0.465 e. The second kappa shape index (κ2) is 6.86. The minimum atomic E-state index is -0.405. The number of esters is 1. The maximum absolute atomic E-state index is 11.7. The number of nitrogens with one attached hydrogen (secondary N) is 1. The van der Waals surface area contributed by atoms with Gasteiger partial charge in [0.1, 0.15) is 0 Å². The van der Waals surface area contributed by atoms with E-state index in [-0.39, 0.29) is 6.04 Å². The number of anilines is 2. The fourth-order valence-corrected chi connectivity index (χ4v) is 1.65. The minimum Gasteiger partial charge on any atom is -0.465 e. The zero-order valence-electron chi connectivity index (χ0n) is 11.0. The summed E-state index contributed by atoms with van der Waals surface area (Å²) in [4.78, 5) is 11.7. The number of hydrogen-bond donors (Lipinski definition) is 2. The Balaban J connectivity index is 2.96. The molecule has 1 atom stereocenters. The van der Waals surface area contributed by atoms with Gasteiger partial charge in [-0.1, -0.05) is 6.92 Å². The first-order valence-electron chi connectivity index (χ1n) is 5.85. The van der Waals surface area contributed by atoms with E-state index in [4.69, 9.17) is 15.2 Å². The van der Waals surface area contributed by atoms with Crippen molar-refractivity contribution in [1.82, 2.24) is 0 Å². The molecule has 3 N–H and O–H groups in total. The summed E-state index contributed by atoms with van der Waals surface area (Å²) >= 11 is 0. The summed E-state index contributed by atoms with van der Waals surface area (Å²) in [6.45, 7) is 2.62. The molecule has 0 aliphatic carbocycles. The molecule has 5 nitrogen and oxygen atoms in total. The predicted octanol–water partition coefficient (Wildman–Crippen LogP) is 1.89. The van der Waals surface area contributed by atoms with Gasteiger partial charge >= 0.3 is 5.97 Å². The smallest absolute Gasteiger partial charge is 0.340 e. The Kier molecular flexibility index (Phi) is 5.45. The van der Waals surface area contributed by atoms with Gasteiger partial charge in [-0.2, -0.15) is 0 Å². The van der Waals surface area contributed by atoms with Gasteiger partial charge in [-0.05, 0) is 24.6 Å². The van der Waals surface area contributed by atoms with E-state index in [0.717, 1.165) is 6.42 Å². The lowest BCUT2D eigenvalue weighted by Crippen LogP contribution is -2.25. The summed E-state index contributed by atoms with van der Waals surface area (Å²) in [7, 11) is 3.00. The molecule has 5 heteroatoms. The number of methoxy groups -OCH3 is 2. The van der Waals surface area contributed by atoms with Crippen molar-refractivity contribution in [2.45, 2.75) is 19.4 Å². The first kappa shape index (κ1) is 14.3. The molecule has 1 unspecified atom stereocenters. The van der Waals surface area contributed by atoms with E-state index in [0.29, 0.717) is 23.5 Å². The maximum Gasteiger partial charge on any atom is 0.340 e. The second-order valence-corrected chi connectivity index (χ2v) is 4.00. The monoisotopic (exact) mass is 252 g/mol. The average Bonchev–Trinajstić information content (AvgIpc) is 2.39. The molecule has 0 saturated carbocycles. The first-order valence-corrected chi connectivity index (χ1v) is 5.85. The molecule has 1 aromatic rings. The normalized spacial score (nSPS) is 11.9. The van der Waals surface area contributed by atoms with Crippen LogP contribution in [-0.4, -0.2) is 32.8 Å². The lowest BCUT2D eigenvalue weighted by atomic mass is 10.1. The summed E-state index contributed by atoms with van der Waals surface area (Å²) in [6.07, 6.45) is 0.888. The molecule has 0 aromatic heterocycles. The van der Waals surface area contributed by atoms with E-state index < -0.39 is 5.97 Å². The van der Waals surface area contributed by atoms with Crippen LogP contribution in [0.1, 0.15) is 23.7 Å². The van der Waals surface area contributed by atoms with Crippen molar-refractivity contribution in [3.8, 4) is 0 Å². The first-order chi connectivity index (χ1) is 8.62. The summed E-state index contributed by atoms with van der Waals surface area (Å²) < 4.78 is 9.86. The van der Waals surface area contributed by atoms with Crippen LogP contribution in [0, 0.1) is 0 Å². The average molecular weight is 252 g/mol. The van der Waals surface area contributed by atoms with Crippen molar-refractivity contribution in [3.63, 3.8) is 0 Å².